The maximum Gasteiger partial charge on any atom is 0.451 e. The van der Waals surface area contributed by atoms with Gasteiger partial charge < -0.3 is 5.32 Å². The summed E-state index contributed by atoms with van der Waals surface area (Å²) in [6.45, 7) is 0. The molecule has 1 aliphatic rings. The van der Waals surface area contributed by atoms with Gasteiger partial charge in [0.05, 0.1) is 11.0 Å². The molecule has 2 aromatic heterocycles. The topological polar surface area (TPSA) is 109 Å². The van der Waals surface area contributed by atoms with Crippen LogP contribution in [0.3, 0.4) is 0 Å². The van der Waals surface area contributed by atoms with Crippen molar-refractivity contribution in [1.82, 2.24) is 30.6 Å². The molecule has 0 bridgehead atoms. The molecule has 1 amide bonds. The summed E-state index contributed by atoms with van der Waals surface area (Å²) < 4.78 is 77.3. The number of nitrogens with zero attached hydrogens (tertiary/aromatic N) is 5. The number of H-pyrrole nitrogens is 1. The second-order valence-electron chi connectivity index (χ2n) is 8.40. The van der Waals surface area contributed by atoms with Crippen molar-refractivity contribution in [2.75, 3.05) is 5.32 Å². The minimum atomic E-state index is -4.70. The number of amides is 1. The molecule has 0 radical (unpaired) electrons. The average Bonchev–Trinajstić information content (AvgIpc) is 3.49. The number of hydrogen-bond donors (Lipinski definition) is 2. The van der Waals surface area contributed by atoms with Gasteiger partial charge in [-0.2, -0.15) is 31.6 Å². The van der Waals surface area contributed by atoms with Crippen molar-refractivity contribution in [3.63, 3.8) is 0 Å². The Morgan fingerprint density at radius 2 is 1.57 bits per heavy atom. The van der Waals surface area contributed by atoms with Gasteiger partial charge in [-0.1, -0.05) is 18.2 Å². The SMILES string of the molecule is O=C(Nc1ccc(-c2cnc(C(F)(F)F)nc2)c(-c2nn[nH]n2)c1)C1(c2ccc(C(F)(F)F)cc2)CC1. The van der Waals surface area contributed by atoms with Gasteiger partial charge in [0, 0.05) is 29.2 Å². The number of benzene rings is 2. The summed E-state index contributed by atoms with van der Waals surface area (Å²) >= 11 is 0. The lowest BCUT2D eigenvalue weighted by Gasteiger charge is -2.18. The number of carbonyl (C=O) groups is 1. The number of nitrogens with one attached hydrogen (secondary N) is 2. The summed E-state index contributed by atoms with van der Waals surface area (Å²) in [5.74, 6) is -1.59. The molecule has 14 heteroatoms. The van der Waals surface area contributed by atoms with Gasteiger partial charge in [-0.15, -0.1) is 10.2 Å². The van der Waals surface area contributed by atoms with Crippen LogP contribution >= 0.6 is 0 Å². The Labute approximate surface area is 204 Å². The van der Waals surface area contributed by atoms with Crippen molar-refractivity contribution in [2.24, 2.45) is 0 Å². The first-order chi connectivity index (χ1) is 17.5. The molecule has 0 aliphatic heterocycles. The highest BCUT2D eigenvalue weighted by Gasteiger charge is 2.51. The lowest BCUT2D eigenvalue weighted by atomic mass is 9.93. The highest BCUT2D eigenvalue weighted by molar-refractivity contribution is 6.02. The maximum absolute atomic E-state index is 13.2. The molecule has 8 nitrogen and oxygen atoms in total. The van der Waals surface area contributed by atoms with Crippen molar-refractivity contribution in [2.45, 2.75) is 30.6 Å². The molecule has 2 aromatic carbocycles. The smallest absolute Gasteiger partial charge is 0.325 e. The number of anilines is 1. The summed E-state index contributed by atoms with van der Waals surface area (Å²) in [5.41, 5.74) is -0.0222. The van der Waals surface area contributed by atoms with Crippen molar-refractivity contribution in [3.8, 4) is 22.5 Å². The lowest BCUT2D eigenvalue weighted by molar-refractivity contribution is -0.145. The van der Waals surface area contributed by atoms with E-state index in [0.29, 0.717) is 35.2 Å². The van der Waals surface area contributed by atoms with Gasteiger partial charge in [0.25, 0.3) is 0 Å². The second-order valence-corrected chi connectivity index (χ2v) is 8.40. The largest absolute Gasteiger partial charge is 0.451 e. The van der Waals surface area contributed by atoms with E-state index in [2.05, 4.69) is 35.9 Å². The number of tetrazole rings is 1. The molecular weight excluding hydrogens is 504 g/mol. The Morgan fingerprint density at radius 1 is 0.892 bits per heavy atom. The van der Waals surface area contributed by atoms with Gasteiger partial charge in [-0.05, 0) is 53.4 Å². The first kappa shape index (κ1) is 24.3. The molecule has 5 rings (SSSR count). The molecule has 0 spiro atoms. The highest BCUT2D eigenvalue weighted by Crippen LogP contribution is 2.49. The van der Waals surface area contributed by atoms with Crippen molar-refractivity contribution in [3.05, 3.63) is 71.8 Å². The van der Waals surface area contributed by atoms with E-state index >= 15 is 0 Å². The molecule has 2 heterocycles. The highest BCUT2D eigenvalue weighted by atomic mass is 19.4. The quantitative estimate of drug-likeness (QED) is 0.358. The van der Waals surface area contributed by atoms with Crippen molar-refractivity contribution in [1.29, 1.82) is 0 Å². The van der Waals surface area contributed by atoms with E-state index in [-0.39, 0.29) is 11.4 Å². The first-order valence-corrected chi connectivity index (χ1v) is 10.7. The van der Waals surface area contributed by atoms with Gasteiger partial charge in [-0.25, -0.2) is 9.97 Å². The number of halogens is 6. The Balaban J connectivity index is 1.43. The Bertz CT molecular complexity index is 1430. The maximum atomic E-state index is 13.2. The number of hydrogen-bond acceptors (Lipinski definition) is 6. The zero-order chi connectivity index (χ0) is 26.4. The third-order valence-electron chi connectivity index (χ3n) is 6.03. The number of carbonyl (C=O) groups excluding carboxylic acids is 1. The minimum Gasteiger partial charge on any atom is -0.325 e. The van der Waals surface area contributed by atoms with E-state index in [0.717, 1.165) is 24.5 Å². The average molecular weight is 519 g/mol. The summed E-state index contributed by atoms with van der Waals surface area (Å²) in [4.78, 5) is 19.9. The molecular formula is C23H15F6N7O. The molecule has 0 unspecified atom stereocenters. The third kappa shape index (κ3) is 4.73. The predicted octanol–water partition coefficient (Wildman–Crippen LogP) is 5.03. The molecule has 2 N–H and O–H groups in total. The van der Waals surface area contributed by atoms with Crippen LogP contribution in [0.1, 0.15) is 29.8 Å². The molecule has 1 aliphatic carbocycles. The van der Waals surface area contributed by atoms with Gasteiger partial charge >= 0.3 is 12.4 Å². The molecule has 37 heavy (non-hydrogen) atoms. The molecule has 1 saturated carbocycles. The van der Waals surface area contributed by atoms with Gasteiger partial charge in [-0.3, -0.25) is 4.79 Å². The minimum absolute atomic E-state index is 0.106. The van der Waals surface area contributed by atoms with Gasteiger partial charge in [0.2, 0.25) is 17.6 Å². The normalized spacial score (nSPS) is 14.9. The van der Waals surface area contributed by atoms with E-state index in [1.807, 2.05) is 0 Å². The van der Waals surface area contributed by atoms with Crippen molar-refractivity contribution < 1.29 is 31.1 Å². The van der Waals surface area contributed by atoms with Crippen LogP contribution in [0, 0.1) is 0 Å². The number of rotatable bonds is 5. The molecule has 0 saturated heterocycles. The lowest BCUT2D eigenvalue weighted by Crippen LogP contribution is -2.28. The van der Waals surface area contributed by atoms with Crippen LogP contribution in [0.4, 0.5) is 32.0 Å². The Morgan fingerprint density at radius 3 is 2.11 bits per heavy atom. The monoisotopic (exact) mass is 519 g/mol. The zero-order valence-electron chi connectivity index (χ0n) is 18.5. The fourth-order valence-corrected chi connectivity index (χ4v) is 3.95. The third-order valence-corrected chi connectivity index (χ3v) is 6.03. The summed E-state index contributed by atoms with van der Waals surface area (Å²) in [7, 11) is 0. The first-order valence-electron chi connectivity index (χ1n) is 10.7. The number of aromatic nitrogens is 6. The molecule has 4 aromatic rings. The summed E-state index contributed by atoms with van der Waals surface area (Å²) in [6, 6.07) is 9.05. The van der Waals surface area contributed by atoms with Crippen LogP contribution in [0.2, 0.25) is 0 Å². The fraction of sp³-hybridized carbons (Fsp3) is 0.217. The predicted molar refractivity (Wildman–Crippen MR) is 117 cm³/mol. The van der Waals surface area contributed by atoms with E-state index in [1.54, 1.807) is 0 Å². The standard InChI is InChI=1S/C23H15F6N7O/c24-22(25,26)14-3-1-13(2-4-14)21(7-8-21)20(37)32-15-5-6-16(17(9-15)18-33-35-36-34-18)12-10-30-19(31-11-12)23(27,28)29/h1-6,9-11H,7-8H2,(H,32,37)(H,33,34,35,36). The Kier molecular flexibility index (Phi) is 5.68. The van der Waals surface area contributed by atoms with E-state index in [1.165, 1.54) is 30.3 Å². The van der Waals surface area contributed by atoms with Crippen LogP contribution in [-0.4, -0.2) is 36.5 Å². The van der Waals surface area contributed by atoms with Gasteiger partial charge in [0.15, 0.2) is 0 Å². The van der Waals surface area contributed by atoms with Crippen LogP contribution in [0.15, 0.2) is 54.9 Å². The van der Waals surface area contributed by atoms with Crippen LogP contribution < -0.4 is 5.32 Å². The zero-order valence-corrected chi connectivity index (χ0v) is 18.5. The molecule has 1 fully saturated rings. The van der Waals surface area contributed by atoms with E-state index < -0.39 is 35.1 Å². The summed E-state index contributed by atoms with van der Waals surface area (Å²) in [6.07, 6.45) is -6.24. The van der Waals surface area contributed by atoms with Crippen LogP contribution in [-0.2, 0) is 22.6 Å². The molecule has 0 atom stereocenters. The van der Waals surface area contributed by atoms with Crippen LogP contribution in [0.25, 0.3) is 22.5 Å². The Hall–Kier alpha value is -4.36. The second kappa shape index (κ2) is 8.64. The fourth-order valence-electron chi connectivity index (χ4n) is 3.95. The number of alkyl halides is 6. The van der Waals surface area contributed by atoms with E-state index in [4.69, 9.17) is 0 Å². The van der Waals surface area contributed by atoms with Gasteiger partial charge in [0.1, 0.15) is 0 Å². The number of aromatic amines is 1. The van der Waals surface area contributed by atoms with Crippen molar-refractivity contribution >= 4 is 11.6 Å². The molecule has 190 valence electrons. The van der Waals surface area contributed by atoms with Crippen LogP contribution in [0.5, 0.6) is 0 Å². The summed E-state index contributed by atoms with van der Waals surface area (Å²) in [5, 5.41) is 16.4. The van der Waals surface area contributed by atoms with E-state index in [9.17, 15) is 31.1 Å².